The Kier molecular flexibility index (Phi) is 9.27. The molecule has 1 aromatic rings. The molecule has 0 radical (unpaired) electrons. The molecule has 9 N–H and O–H groups in total. The minimum atomic E-state index is -1.81. The molecule has 0 aromatic heterocycles. The molecular formula is C9H16N2O5. The van der Waals surface area contributed by atoms with E-state index in [9.17, 15) is 4.79 Å². The normalized spacial score (nSPS) is 10.8. The predicted octanol–water partition coefficient (Wildman–Crippen LogP) is -0.879. The van der Waals surface area contributed by atoms with Gasteiger partial charge in [0.15, 0.2) is 12.5 Å². The van der Waals surface area contributed by atoms with Gasteiger partial charge >= 0.3 is 5.97 Å². The molecule has 1 atom stereocenters. The van der Waals surface area contributed by atoms with E-state index >= 15 is 0 Å². The van der Waals surface area contributed by atoms with E-state index < -0.39 is 18.5 Å². The third kappa shape index (κ3) is 7.85. The highest BCUT2D eigenvalue weighted by molar-refractivity contribution is 5.87. The van der Waals surface area contributed by atoms with Crippen LogP contribution in [0.4, 0.5) is 0 Å². The first-order valence-corrected chi connectivity index (χ1v) is 4.03. The van der Waals surface area contributed by atoms with Crippen molar-refractivity contribution in [2.45, 2.75) is 12.5 Å². The van der Waals surface area contributed by atoms with Crippen LogP contribution in [0.2, 0.25) is 0 Å². The van der Waals surface area contributed by atoms with Crippen molar-refractivity contribution in [3.05, 3.63) is 35.9 Å². The van der Waals surface area contributed by atoms with Gasteiger partial charge in [0.2, 0.25) is 0 Å². The fourth-order valence-electron chi connectivity index (χ4n) is 0.581. The van der Waals surface area contributed by atoms with Gasteiger partial charge in [0.05, 0.1) is 5.56 Å². The molecule has 0 aliphatic rings. The number of carboxylic acid groups (broad SMARTS) is 1. The van der Waals surface area contributed by atoms with E-state index in [1.54, 1.807) is 30.3 Å². The number of benzene rings is 1. The molecule has 1 unspecified atom stereocenters. The third-order valence-electron chi connectivity index (χ3n) is 1.33. The number of carboxylic acids is 1. The zero-order chi connectivity index (χ0) is 11.8. The van der Waals surface area contributed by atoms with Crippen LogP contribution in [0.15, 0.2) is 30.3 Å². The van der Waals surface area contributed by atoms with Crippen LogP contribution in [0.5, 0.6) is 0 Å². The standard InChI is InChI=1S/C7H6O2.C2H7NO3.H3N/c8-7(9)6-4-2-1-3-5-6;3-1(4)2(5)6;/h1-5H,(H,8,9);1-2,4-6H,3H2;1H3. The van der Waals surface area contributed by atoms with Gasteiger partial charge in [0.25, 0.3) is 0 Å². The number of aliphatic hydroxyl groups is 3. The Morgan fingerprint density at radius 1 is 1.12 bits per heavy atom. The van der Waals surface area contributed by atoms with Gasteiger partial charge in [0, 0.05) is 0 Å². The smallest absolute Gasteiger partial charge is 0.335 e. The second-order valence-electron chi connectivity index (χ2n) is 2.58. The Hall–Kier alpha value is -1.51. The van der Waals surface area contributed by atoms with Crippen molar-refractivity contribution in [1.29, 1.82) is 0 Å². The second-order valence-corrected chi connectivity index (χ2v) is 2.58. The Morgan fingerprint density at radius 3 is 1.69 bits per heavy atom. The lowest BCUT2D eigenvalue weighted by Gasteiger charge is -2.02. The molecule has 0 heterocycles. The van der Waals surface area contributed by atoms with Crippen LogP contribution in [0.1, 0.15) is 10.4 Å². The largest absolute Gasteiger partial charge is 0.478 e. The number of rotatable bonds is 2. The maximum Gasteiger partial charge on any atom is 0.335 e. The number of hydrogen-bond acceptors (Lipinski definition) is 6. The second kappa shape index (κ2) is 8.77. The van der Waals surface area contributed by atoms with Crippen molar-refractivity contribution in [2.24, 2.45) is 5.73 Å². The third-order valence-corrected chi connectivity index (χ3v) is 1.33. The number of hydrogen-bond donors (Lipinski definition) is 6. The highest BCUT2D eigenvalue weighted by atomic mass is 16.5. The van der Waals surface area contributed by atoms with Crippen molar-refractivity contribution in [1.82, 2.24) is 6.15 Å². The Balaban J connectivity index is 0. The van der Waals surface area contributed by atoms with E-state index in [0.29, 0.717) is 5.56 Å². The van der Waals surface area contributed by atoms with Gasteiger partial charge in [-0.25, -0.2) is 4.79 Å². The Morgan fingerprint density at radius 2 is 1.50 bits per heavy atom. The summed E-state index contributed by atoms with van der Waals surface area (Å²) in [6, 6.07) is 8.30. The molecule has 0 amide bonds. The quantitative estimate of drug-likeness (QED) is 0.361. The molecule has 1 aromatic carbocycles. The van der Waals surface area contributed by atoms with Crippen molar-refractivity contribution in [3.8, 4) is 0 Å². The highest BCUT2D eigenvalue weighted by Crippen LogP contribution is 1.96. The molecule has 0 aliphatic heterocycles. The maximum atomic E-state index is 10.2. The fraction of sp³-hybridized carbons (Fsp3) is 0.222. The summed E-state index contributed by atoms with van der Waals surface area (Å²) in [5.41, 5.74) is 4.82. The van der Waals surface area contributed by atoms with E-state index in [1.165, 1.54) is 0 Å². The lowest BCUT2D eigenvalue weighted by atomic mass is 10.2. The number of aromatic carboxylic acids is 1. The molecular weight excluding hydrogens is 216 g/mol. The molecule has 0 saturated carbocycles. The minimum absolute atomic E-state index is 0. The average Bonchev–Trinajstić information content (AvgIpc) is 2.20. The first-order valence-electron chi connectivity index (χ1n) is 4.03. The zero-order valence-electron chi connectivity index (χ0n) is 8.52. The predicted molar refractivity (Wildman–Crippen MR) is 56.8 cm³/mol. The molecule has 0 bridgehead atoms. The van der Waals surface area contributed by atoms with Gasteiger partial charge in [-0.1, -0.05) is 18.2 Å². The van der Waals surface area contributed by atoms with Crippen LogP contribution < -0.4 is 11.9 Å². The number of aliphatic hydroxyl groups excluding tert-OH is 2. The molecule has 92 valence electrons. The number of nitrogens with two attached hydrogens (primary N) is 1. The van der Waals surface area contributed by atoms with Crippen LogP contribution in [-0.2, 0) is 0 Å². The van der Waals surface area contributed by atoms with Crippen LogP contribution >= 0.6 is 0 Å². The SMILES string of the molecule is N.NC(O)C(O)O.O=C(O)c1ccccc1. The molecule has 0 fully saturated rings. The Bertz CT molecular complexity index is 283. The lowest BCUT2D eigenvalue weighted by molar-refractivity contribution is -0.119. The van der Waals surface area contributed by atoms with Crippen molar-refractivity contribution in [3.63, 3.8) is 0 Å². The van der Waals surface area contributed by atoms with Crippen molar-refractivity contribution < 1.29 is 25.2 Å². The van der Waals surface area contributed by atoms with E-state index in [4.69, 9.17) is 20.4 Å². The summed E-state index contributed by atoms with van der Waals surface area (Å²) < 4.78 is 0. The summed E-state index contributed by atoms with van der Waals surface area (Å²) in [6.45, 7) is 0. The van der Waals surface area contributed by atoms with Gasteiger partial charge in [-0.3, -0.25) is 0 Å². The summed E-state index contributed by atoms with van der Waals surface area (Å²) >= 11 is 0. The van der Waals surface area contributed by atoms with Crippen LogP contribution in [0.25, 0.3) is 0 Å². The molecule has 7 nitrogen and oxygen atoms in total. The van der Waals surface area contributed by atoms with Gasteiger partial charge in [-0.15, -0.1) is 0 Å². The molecule has 16 heavy (non-hydrogen) atoms. The average molecular weight is 232 g/mol. The van der Waals surface area contributed by atoms with Crippen molar-refractivity contribution in [2.75, 3.05) is 0 Å². The molecule has 7 heteroatoms. The van der Waals surface area contributed by atoms with Crippen LogP contribution in [0.3, 0.4) is 0 Å². The lowest BCUT2D eigenvalue weighted by Crippen LogP contribution is -2.33. The number of carbonyl (C=O) groups is 1. The van der Waals surface area contributed by atoms with Gasteiger partial charge in [-0.2, -0.15) is 0 Å². The summed E-state index contributed by atoms with van der Waals surface area (Å²) in [5.74, 6) is -0.879. The molecule has 0 aliphatic carbocycles. The first-order chi connectivity index (χ1) is 6.95. The first kappa shape index (κ1) is 16.9. The highest BCUT2D eigenvalue weighted by Gasteiger charge is 2.02. The monoisotopic (exact) mass is 232 g/mol. The zero-order valence-corrected chi connectivity index (χ0v) is 8.52. The van der Waals surface area contributed by atoms with E-state index in [0.717, 1.165) is 0 Å². The molecule has 0 saturated heterocycles. The van der Waals surface area contributed by atoms with E-state index in [2.05, 4.69) is 5.73 Å². The fourth-order valence-corrected chi connectivity index (χ4v) is 0.581. The van der Waals surface area contributed by atoms with E-state index in [-0.39, 0.29) is 6.15 Å². The van der Waals surface area contributed by atoms with E-state index in [1.807, 2.05) is 0 Å². The Labute approximate surface area is 92.3 Å². The van der Waals surface area contributed by atoms with Gasteiger partial charge in [-0.05, 0) is 12.1 Å². The van der Waals surface area contributed by atoms with Crippen LogP contribution in [0, 0.1) is 0 Å². The summed E-state index contributed by atoms with van der Waals surface area (Å²) in [6.07, 6.45) is -3.35. The van der Waals surface area contributed by atoms with Crippen molar-refractivity contribution >= 4 is 5.97 Å². The van der Waals surface area contributed by atoms with Gasteiger partial charge < -0.3 is 32.3 Å². The summed E-state index contributed by atoms with van der Waals surface area (Å²) in [7, 11) is 0. The van der Waals surface area contributed by atoms with Gasteiger partial charge in [0.1, 0.15) is 0 Å². The minimum Gasteiger partial charge on any atom is -0.478 e. The van der Waals surface area contributed by atoms with Crippen LogP contribution in [-0.4, -0.2) is 38.9 Å². The molecule has 0 spiro atoms. The topological polar surface area (TPSA) is 159 Å². The maximum absolute atomic E-state index is 10.2. The summed E-state index contributed by atoms with van der Waals surface area (Å²) in [4.78, 5) is 10.2. The summed E-state index contributed by atoms with van der Waals surface area (Å²) in [5, 5.41) is 31.9. The molecule has 1 rings (SSSR count).